The van der Waals surface area contributed by atoms with E-state index in [-0.39, 0.29) is 11.9 Å². The molecule has 21 heavy (non-hydrogen) atoms. The second-order valence-electron chi connectivity index (χ2n) is 5.31. The van der Waals surface area contributed by atoms with E-state index < -0.39 is 0 Å². The first-order valence-electron chi connectivity index (χ1n) is 6.89. The highest BCUT2D eigenvalue weighted by Gasteiger charge is 2.11. The predicted molar refractivity (Wildman–Crippen MR) is 90.4 cm³/mol. The van der Waals surface area contributed by atoms with Gasteiger partial charge in [-0.25, -0.2) is 4.39 Å². The molecule has 2 aromatic carbocycles. The zero-order chi connectivity index (χ0) is 15.4. The van der Waals surface area contributed by atoms with Crippen LogP contribution in [-0.2, 0) is 6.42 Å². The normalized spacial score (nSPS) is 12.2. The number of anilines is 1. The molecule has 0 aliphatic carbocycles. The van der Waals surface area contributed by atoms with Crippen LogP contribution in [0.1, 0.15) is 17.2 Å². The number of hydrogen-bond donors (Lipinski definition) is 1. The third-order valence-corrected chi connectivity index (χ3v) is 3.98. The maximum atomic E-state index is 13.5. The average molecular weight is 351 g/mol. The van der Waals surface area contributed by atoms with Gasteiger partial charge in [-0.3, -0.25) is 0 Å². The standard InChI is InChI=1S/C17H20BrFN2/c1-20-17(10-12-8-14(18)11-15(19)9-12)13-4-6-16(7-5-13)21(2)3/h4-9,11,17,20H,10H2,1-3H3. The fourth-order valence-corrected chi connectivity index (χ4v) is 2.87. The molecule has 2 nitrogen and oxygen atoms in total. The summed E-state index contributed by atoms with van der Waals surface area (Å²) in [6.07, 6.45) is 0.744. The highest BCUT2D eigenvalue weighted by atomic mass is 79.9. The van der Waals surface area contributed by atoms with Crippen molar-refractivity contribution in [2.24, 2.45) is 0 Å². The lowest BCUT2D eigenvalue weighted by Gasteiger charge is -2.19. The van der Waals surface area contributed by atoms with Crippen LogP contribution >= 0.6 is 15.9 Å². The quantitative estimate of drug-likeness (QED) is 0.870. The van der Waals surface area contributed by atoms with E-state index in [0.717, 1.165) is 16.5 Å². The second kappa shape index (κ2) is 7.05. The lowest BCUT2D eigenvalue weighted by atomic mass is 9.98. The van der Waals surface area contributed by atoms with E-state index in [1.54, 1.807) is 6.07 Å². The van der Waals surface area contributed by atoms with Crippen LogP contribution in [0.5, 0.6) is 0 Å². The molecule has 0 heterocycles. The summed E-state index contributed by atoms with van der Waals surface area (Å²) in [5, 5.41) is 3.30. The van der Waals surface area contributed by atoms with E-state index >= 15 is 0 Å². The molecule has 1 N–H and O–H groups in total. The van der Waals surface area contributed by atoms with Crippen molar-refractivity contribution in [3.05, 3.63) is 63.9 Å². The lowest BCUT2D eigenvalue weighted by molar-refractivity contribution is 0.583. The number of nitrogens with zero attached hydrogens (tertiary/aromatic N) is 1. The number of likely N-dealkylation sites (N-methyl/N-ethyl adjacent to an activating group) is 1. The van der Waals surface area contributed by atoms with Gasteiger partial charge >= 0.3 is 0 Å². The highest BCUT2D eigenvalue weighted by molar-refractivity contribution is 9.10. The molecule has 112 valence electrons. The molecule has 1 atom stereocenters. The second-order valence-corrected chi connectivity index (χ2v) is 6.22. The molecular formula is C17H20BrFN2. The van der Waals surface area contributed by atoms with Crippen LogP contribution in [0, 0.1) is 5.82 Å². The van der Waals surface area contributed by atoms with Crippen molar-refractivity contribution in [2.75, 3.05) is 26.0 Å². The van der Waals surface area contributed by atoms with Crippen LogP contribution in [0.3, 0.4) is 0 Å². The van der Waals surface area contributed by atoms with Crippen LogP contribution in [0.25, 0.3) is 0 Å². The van der Waals surface area contributed by atoms with Gasteiger partial charge in [0.1, 0.15) is 5.82 Å². The Morgan fingerprint density at radius 3 is 2.33 bits per heavy atom. The summed E-state index contributed by atoms with van der Waals surface area (Å²) < 4.78 is 14.2. The Bertz CT molecular complexity index is 576. The Balaban J connectivity index is 2.19. The van der Waals surface area contributed by atoms with Crippen molar-refractivity contribution in [2.45, 2.75) is 12.5 Å². The molecule has 4 heteroatoms. The largest absolute Gasteiger partial charge is 0.378 e. The molecular weight excluding hydrogens is 331 g/mol. The van der Waals surface area contributed by atoms with E-state index in [9.17, 15) is 4.39 Å². The summed E-state index contributed by atoms with van der Waals surface area (Å²) in [4.78, 5) is 2.07. The first-order chi connectivity index (χ1) is 9.99. The van der Waals surface area contributed by atoms with Gasteiger partial charge in [0.2, 0.25) is 0 Å². The van der Waals surface area contributed by atoms with Gasteiger partial charge in [0.05, 0.1) is 0 Å². The first-order valence-corrected chi connectivity index (χ1v) is 7.68. The minimum atomic E-state index is -0.211. The van der Waals surface area contributed by atoms with Crippen molar-refractivity contribution >= 4 is 21.6 Å². The first kappa shape index (κ1) is 16.0. The van der Waals surface area contributed by atoms with Gasteiger partial charge in [-0.15, -0.1) is 0 Å². The van der Waals surface area contributed by atoms with Gasteiger partial charge in [0, 0.05) is 30.3 Å². The van der Waals surface area contributed by atoms with Gasteiger partial charge < -0.3 is 10.2 Å². The third-order valence-electron chi connectivity index (χ3n) is 3.52. The molecule has 0 aliphatic heterocycles. The Labute approximate surface area is 134 Å². The summed E-state index contributed by atoms with van der Waals surface area (Å²) in [5.41, 5.74) is 3.34. The van der Waals surface area contributed by atoms with Gasteiger partial charge in [0.25, 0.3) is 0 Å². The fourth-order valence-electron chi connectivity index (χ4n) is 2.36. The van der Waals surface area contributed by atoms with E-state index in [0.29, 0.717) is 0 Å². The van der Waals surface area contributed by atoms with Crippen molar-refractivity contribution in [3.63, 3.8) is 0 Å². The molecule has 2 aromatic rings. The van der Waals surface area contributed by atoms with E-state index in [4.69, 9.17) is 0 Å². The topological polar surface area (TPSA) is 15.3 Å². The van der Waals surface area contributed by atoms with Crippen molar-refractivity contribution < 1.29 is 4.39 Å². The van der Waals surface area contributed by atoms with Crippen LogP contribution < -0.4 is 10.2 Å². The molecule has 0 saturated heterocycles. The third kappa shape index (κ3) is 4.29. The summed E-state index contributed by atoms with van der Waals surface area (Å²) in [7, 11) is 5.97. The fraction of sp³-hybridized carbons (Fsp3) is 0.294. The summed E-state index contributed by atoms with van der Waals surface area (Å²) >= 11 is 3.34. The number of halogens is 2. The summed E-state index contributed by atoms with van der Waals surface area (Å²) in [6.45, 7) is 0. The zero-order valence-corrected chi connectivity index (χ0v) is 14.1. The Morgan fingerprint density at radius 1 is 1.14 bits per heavy atom. The highest BCUT2D eigenvalue weighted by Crippen LogP contribution is 2.23. The molecule has 0 amide bonds. The van der Waals surface area contributed by atoms with Crippen LogP contribution in [-0.4, -0.2) is 21.1 Å². The molecule has 1 unspecified atom stereocenters. The van der Waals surface area contributed by atoms with Crippen LogP contribution in [0.15, 0.2) is 46.9 Å². The molecule has 0 fully saturated rings. The maximum Gasteiger partial charge on any atom is 0.124 e. The number of hydrogen-bond acceptors (Lipinski definition) is 2. The van der Waals surface area contributed by atoms with E-state index in [1.165, 1.54) is 17.3 Å². The zero-order valence-electron chi connectivity index (χ0n) is 12.5. The van der Waals surface area contributed by atoms with E-state index in [1.807, 2.05) is 27.2 Å². The predicted octanol–water partition coefficient (Wildman–Crippen LogP) is 4.16. The minimum absolute atomic E-state index is 0.162. The molecule has 0 bridgehead atoms. The SMILES string of the molecule is CNC(Cc1cc(F)cc(Br)c1)c1ccc(N(C)C)cc1. The van der Waals surface area contributed by atoms with Crippen LogP contribution in [0.4, 0.5) is 10.1 Å². The molecule has 0 spiro atoms. The Morgan fingerprint density at radius 2 is 1.81 bits per heavy atom. The Hall–Kier alpha value is -1.39. The molecule has 2 rings (SSSR count). The average Bonchev–Trinajstić information content (AvgIpc) is 2.44. The monoisotopic (exact) mass is 350 g/mol. The minimum Gasteiger partial charge on any atom is -0.378 e. The Kier molecular flexibility index (Phi) is 5.37. The molecule has 0 aromatic heterocycles. The summed E-state index contributed by atoms with van der Waals surface area (Å²) in [5.74, 6) is -0.211. The van der Waals surface area contributed by atoms with Gasteiger partial charge in [-0.2, -0.15) is 0 Å². The summed E-state index contributed by atoms with van der Waals surface area (Å²) in [6, 6.07) is 13.6. The van der Waals surface area contributed by atoms with Crippen molar-refractivity contribution in [1.29, 1.82) is 0 Å². The molecule has 0 saturated carbocycles. The number of nitrogens with one attached hydrogen (secondary N) is 1. The number of benzene rings is 2. The lowest BCUT2D eigenvalue weighted by Crippen LogP contribution is -2.19. The van der Waals surface area contributed by atoms with Gasteiger partial charge in [0.15, 0.2) is 0 Å². The van der Waals surface area contributed by atoms with E-state index in [2.05, 4.69) is 50.4 Å². The van der Waals surface area contributed by atoms with Crippen molar-refractivity contribution in [1.82, 2.24) is 5.32 Å². The van der Waals surface area contributed by atoms with Crippen LogP contribution in [0.2, 0.25) is 0 Å². The molecule has 0 aliphatic rings. The van der Waals surface area contributed by atoms with Gasteiger partial charge in [-0.1, -0.05) is 28.1 Å². The maximum absolute atomic E-state index is 13.5. The smallest absolute Gasteiger partial charge is 0.124 e. The molecule has 0 radical (unpaired) electrons. The number of rotatable bonds is 5. The van der Waals surface area contributed by atoms with Crippen molar-refractivity contribution in [3.8, 4) is 0 Å². The van der Waals surface area contributed by atoms with Gasteiger partial charge in [-0.05, 0) is 54.9 Å².